The molecule has 0 aromatic carbocycles. The van der Waals surface area contributed by atoms with Gasteiger partial charge in [-0.2, -0.15) is 0 Å². The smallest absolute Gasteiger partial charge is 0.232 e. The monoisotopic (exact) mass is 327 g/mol. The van der Waals surface area contributed by atoms with Gasteiger partial charge in [0.15, 0.2) is 5.16 Å². The lowest BCUT2D eigenvalue weighted by Gasteiger charge is -2.19. The van der Waals surface area contributed by atoms with Gasteiger partial charge in [0.1, 0.15) is 0 Å². The lowest BCUT2D eigenvalue weighted by molar-refractivity contribution is 0.291. The van der Waals surface area contributed by atoms with Crippen molar-refractivity contribution in [3.63, 3.8) is 0 Å². The van der Waals surface area contributed by atoms with Crippen LogP contribution in [0.3, 0.4) is 0 Å². The van der Waals surface area contributed by atoms with Crippen molar-refractivity contribution < 1.29 is 0 Å². The van der Waals surface area contributed by atoms with Crippen LogP contribution in [-0.2, 0) is 10.3 Å². The summed E-state index contributed by atoms with van der Waals surface area (Å²) in [4.78, 5) is 10.9. The fourth-order valence-corrected chi connectivity index (χ4v) is 2.16. The Kier molecular flexibility index (Phi) is 6.48. The Morgan fingerprint density at radius 1 is 1.22 bits per heavy atom. The van der Waals surface area contributed by atoms with Crippen LogP contribution in [0.2, 0.25) is 0 Å². The minimum Gasteiger partial charge on any atom is -0.298 e. The van der Waals surface area contributed by atoms with Crippen molar-refractivity contribution in [3.8, 4) is 0 Å². The van der Waals surface area contributed by atoms with Gasteiger partial charge in [-0.25, -0.2) is 9.97 Å². The highest BCUT2D eigenvalue weighted by Gasteiger charge is 2.26. The zero-order chi connectivity index (χ0) is 13.8. The zero-order valence-electron chi connectivity index (χ0n) is 10.6. The van der Waals surface area contributed by atoms with Crippen LogP contribution in [-0.4, -0.2) is 34.2 Å². The highest BCUT2D eigenvalue weighted by atomic mass is 35.6. The van der Waals surface area contributed by atoms with Crippen LogP contribution in [0, 0.1) is 0 Å². The Morgan fingerprint density at radius 3 is 2.28 bits per heavy atom. The van der Waals surface area contributed by atoms with Crippen LogP contribution in [0.4, 0.5) is 0 Å². The predicted octanol–water partition coefficient (Wildman–Crippen LogP) is 3.87. The van der Waals surface area contributed by atoms with E-state index in [1.165, 1.54) is 11.8 Å². The Hall–Kier alpha value is 0.260. The van der Waals surface area contributed by atoms with E-state index in [1.54, 1.807) is 6.07 Å². The van der Waals surface area contributed by atoms with Crippen molar-refractivity contribution in [2.24, 2.45) is 0 Å². The fraction of sp³-hybridized carbons (Fsp3) is 0.636. The first-order valence-corrected chi connectivity index (χ1v) is 7.98. The highest BCUT2D eigenvalue weighted by molar-refractivity contribution is 7.98. The van der Waals surface area contributed by atoms with Gasteiger partial charge >= 0.3 is 0 Å². The predicted molar refractivity (Wildman–Crippen MR) is 79.7 cm³/mol. The van der Waals surface area contributed by atoms with E-state index in [2.05, 4.69) is 28.7 Å². The van der Waals surface area contributed by atoms with Crippen LogP contribution in [0.25, 0.3) is 0 Å². The third-order valence-electron chi connectivity index (χ3n) is 2.51. The van der Waals surface area contributed by atoms with Crippen molar-refractivity contribution in [3.05, 3.63) is 17.5 Å². The number of hydrogen-bond donors (Lipinski definition) is 0. The molecule has 0 aliphatic rings. The molecule has 0 spiro atoms. The number of rotatable bonds is 5. The molecule has 3 nitrogen and oxygen atoms in total. The van der Waals surface area contributed by atoms with Gasteiger partial charge in [0, 0.05) is 6.54 Å². The lowest BCUT2D eigenvalue weighted by atomic mass is 10.3. The van der Waals surface area contributed by atoms with E-state index < -0.39 is 3.79 Å². The maximum atomic E-state index is 5.88. The number of alkyl halides is 3. The second-order valence-corrected chi connectivity index (χ2v) is 6.74. The third-order valence-corrected chi connectivity index (χ3v) is 3.64. The van der Waals surface area contributed by atoms with Crippen molar-refractivity contribution >= 4 is 46.6 Å². The van der Waals surface area contributed by atoms with Gasteiger partial charge in [0.05, 0.1) is 11.4 Å². The summed E-state index contributed by atoms with van der Waals surface area (Å²) in [7, 11) is 0. The van der Waals surface area contributed by atoms with Gasteiger partial charge in [-0.05, 0) is 25.4 Å². The SMILES string of the molecule is CCN(CC)Cc1cc(C(Cl)(Cl)Cl)nc(SC)n1. The standard InChI is InChI=1S/C11H16Cl3N3S/c1-4-17(5-2)7-8-6-9(11(12,13)14)16-10(15-8)18-3/h6H,4-5,7H2,1-3H3. The summed E-state index contributed by atoms with van der Waals surface area (Å²) in [5.41, 5.74) is 1.30. The van der Waals surface area contributed by atoms with Crippen molar-refractivity contribution in [1.82, 2.24) is 14.9 Å². The molecule has 0 radical (unpaired) electrons. The van der Waals surface area contributed by atoms with Crippen LogP contribution >= 0.6 is 46.6 Å². The highest BCUT2D eigenvalue weighted by Crippen LogP contribution is 2.37. The van der Waals surface area contributed by atoms with Gasteiger partial charge in [0.25, 0.3) is 0 Å². The van der Waals surface area contributed by atoms with Gasteiger partial charge in [-0.15, -0.1) is 0 Å². The molecule has 0 unspecified atom stereocenters. The second-order valence-electron chi connectivity index (χ2n) is 3.69. The molecule has 18 heavy (non-hydrogen) atoms. The van der Waals surface area contributed by atoms with Gasteiger partial charge < -0.3 is 0 Å². The van der Waals surface area contributed by atoms with Crippen molar-refractivity contribution in [1.29, 1.82) is 0 Å². The normalized spacial score (nSPS) is 12.2. The first kappa shape index (κ1) is 16.3. The molecule has 0 aliphatic carbocycles. The van der Waals surface area contributed by atoms with E-state index in [-0.39, 0.29) is 0 Å². The Balaban J connectivity index is 3.04. The summed E-state index contributed by atoms with van der Waals surface area (Å²) in [6.45, 7) is 6.86. The molecule has 1 aromatic heterocycles. The molecule has 0 saturated carbocycles. The largest absolute Gasteiger partial charge is 0.298 e. The average Bonchev–Trinajstić information content (AvgIpc) is 2.34. The summed E-state index contributed by atoms with van der Waals surface area (Å²) in [5.74, 6) is 0. The maximum absolute atomic E-state index is 5.88. The molecule has 0 atom stereocenters. The van der Waals surface area contributed by atoms with Gasteiger partial charge in [-0.3, -0.25) is 4.90 Å². The topological polar surface area (TPSA) is 29.0 Å². The molecule has 0 fully saturated rings. The molecule has 0 amide bonds. The number of hydrogen-bond acceptors (Lipinski definition) is 4. The Labute approximate surface area is 127 Å². The first-order chi connectivity index (χ1) is 8.40. The molecule has 7 heteroatoms. The molecule has 1 heterocycles. The van der Waals surface area contributed by atoms with E-state index >= 15 is 0 Å². The van der Waals surface area contributed by atoms with E-state index in [0.717, 1.165) is 25.3 Å². The Bertz CT molecular complexity index is 392. The van der Waals surface area contributed by atoms with E-state index in [1.807, 2.05) is 6.26 Å². The van der Waals surface area contributed by atoms with Crippen molar-refractivity contribution in [2.45, 2.75) is 29.3 Å². The number of thioether (sulfide) groups is 1. The van der Waals surface area contributed by atoms with Crippen LogP contribution < -0.4 is 0 Å². The van der Waals surface area contributed by atoms with E-state index in [0.29, 0.717) is 10.9 Å². The molecule has 0 saturated heterocycles. The van der Waals surface area contributed by atoms with Gasteiger partial charge in [-0.1, -0.05) is 60.4 Å². The lowest BCUT2D eigenvalue weighted by Crippen LogP contribution is -2.23. The van der Waals surface area contributed by atoms with Crippen LogP contribution in [0.1, 0.15) is 25.2 Å². The summed E-state index contributed by atoms with van der Waals surface area (Å²) < 4.78 is -1.51. The number of nitrogens with zero attached hydrogens (tertiary/aromatic N) is 3. The summed E-state index contributed by atoms with van der Waals surface area (Å²) in [6, 6.07) is 1.76. The molecule has 1 rings (SSSR count). The van der Waals surface area contributed by atoms with Crippen molar-refractivity contribution in [2.75, 3.05) is 19.3 Å². The molecular weight excluding hydrogens is 313 g/mol. The summed E-state index contributed by atoms with van der Waals surface area (Å²) >= 11 is 19.1. The van der Waals surface area contributed by atoms with Gasteiger partial charge in [0.2, 0.25) is 3.79 Å². The number of halogens is 3. The van der Waals surface area contributed by atoms with E-state index in [4.69, 9.17) is 34.8 Å². The summed E-state index contributed by atoms with van der Waals surface area (Å²) in [5, 5.41) is 0.626. The van der Waals surface area contributed by atoms with Crippen LogP contribution in [0.5, 0.6) is 0 Å². The minimum absolute atomic E-state index is 0.425. The second kappa shape index (κ2) is 7.15. The third kappa shape index (κ3) is 4.74. The maximum Gasteiger partial charge on any atom is 0.232 e. The minimum atomic E-state index is -1.51. The van der Waals surface area contributed by atoms with Crippen LogP contribution in [0.15, 0.2) is 11.2 Å². The average molecular weight is 329 g/mol. The first-order valence-electron chi connectivity index (χ1n) is 5.62. The van der Waals surface area contributed by atoms with E-state index in [9.17, 15) is 0 Å². The fourth-order valence-electron chi connectivity index (χ4n) is 1.47. The molecular formula is C11H16Cl3N3S. The molecule has 102 valence electrons. The zero-order valence-corrected chi connectivity index (χ0v) is 13.7. The molecule has 0 aliphatic heterocycles. The molecule has 0 N–H and O–H groups in total. The molecule has 1 aromatic rings. The Morgan fingerprint density at radius 2 is 1.83 bits per heavy atom. The quantitative estimate of drug-likeness (QED) is 0.466. The molecule has 0 bridgehead atoms. The summed E-state index contributed by atoms with van der Waals surface area (Å²) in [6.07, 6.45) is 1.90. The number of aromatic nitrogens is 2.